The number of likely N-dealkylation sites (N-methyl/N-ethyl adjacent to an activating group) is 1. The van der Waals surface area contributed by atoms with Gasteiger partial charge in [0.2, 0.25) is 0 Å². The maximum atomic E-state index is 11.7. The lowest BCUT2D eigenvalue weighted by Crippen LogP contribution is -2.46. The van der Waals surface area contributed by atoms with Gasteiger partial charge in [-0.15, -0.1) is 24.0 Å². The first-order chi connectivity index (χ1) is 12.2. The van der Waals surface area contributed by atoms with E-state index in [1.54, 1.807) is 0 Å². The number of hydrogen-bond acceptors (Lipinski definition) is 4. The molecule has 0 spiro atoms. The number of carbonyl (C=O) groups excluding carboxylic acids is 1. The van der Waals surface area contributed by atoms with E-state index in [9.17, 15) is 4.79 Å². The van der Waals surface area contributed by atoms with Crippen molar-refractivity contribution in [3.8, 4) is 0 Å². The van der Waals surface area contributed by atoms with Gasteiger partial charge in [-0.05, 0) is 58.5 Å². The number of amides is 1. The number of likely N-dealkylation sites (tertiary alicyclic amines) is 1. The number of guanidine groups is 1. The summed E-state index contributed by atoms with van der Waals surface area (Å²) in [6.45, 7) is 11.1. The Bertz CT molecular complexity index is 445. The van der Waals surface area contributed by atoms with Gasteiger partial charge in [0.25, 0.3) is 0 Å². The molecule has 1 aliphatic carbocycles. The van der Waals surface area contributed by atoms with Gasteiger partial charge in [0.05, 0.1) is 19.2 Å². The summed E-state index contributed by atoms with van der Waals surface area (Å²) in [5, 5.41) is 9.74. The van der Waals surface area contributed by atoms with Crippen LogP contribution in [0.1, 0.15) is 46.5 Å². The molecule has 1 saturated heterocycles. The van der Waals surface area contributed by atoms with Crippen LogP contribution in [0.15, 0.2) is 4.99 Å². The van der Waals surface area contributed by atoms with Crippen molar-refractivity contribution in [2.75, 3.05) is 39.3 Å². The highest BCUT2D eigenvalue weighted by molar-refractivity contribution is 14.0. The Kier molecular flexibility index (Phi) is 11.3. The van der Waals surface area contributed by atoms with Crippen LogP contribution >= 0.6 is 24.0 Å². The van der Waals surface area contributed by atoms with Gasteiger partial charge >= 0.3 is 6.09 Å². The third-order valence-electron chi connectivity index (χ3n) is 4.97. The first-order valence-corrected chi connectivity index (χ1v) is 9.87. The van der Waals surface area contributed by atoms with Crippen molar-refractivity contribution >= 4 is 36.0 Å². The number of nitrogens with zero attached hydrogens (tertiary/aromatic N) is 2. The minimum absolute atomic E-state index is 0. The average molecular weight is 481 g/mol. The van der Waals surface area contributed by atoms with Crippen molar-refractivity contribution in [3.05, 3.63) is 0 Å². The Morgan fingerprint density at radius 2 is 2.00 bits per heavy atom. The van der Waals surface area contributed by atoms with Crippen LogP contribution < -0.4 is 16.0 Å². The summed E-state index contributed by atoms with van der Waals surface area (Å²) in [5.74, 6) is 1.36. The zero-order chi connectivity index (χ0) is 18.1. The van der Waals surface area contributed by atoms with Crippen LogP contribution in [0.3, 0.4) is 0 Å². The molecule has 0 bridgehead atoms. The average Bonchev–Trinajstić information content (AvgIpc) is 3.34. The molecule has 0 aromatic rings. The van der Waals surface area contributed by atoms with E-state index < -0.39 is 0 Å². The highest BCUT2D eigenvalue weighted by Crippen LogP contribution is 2.32. The Morgan fingerprint density at radius 1 is 1.23 bits per heavy atom. The molecule has 3 N–H and O–H groups in total. The lowest BCUT2D eigenvalue weighted by Gasteiger charge is -2.24. The lowest BCUT2D eigenvalue weighted by atomic mass is 10.2. The second-order valence-corrected chi connectivity index (χ2v) is 6.83. The number of nitrogens with one attached hydrogen (secondary N) is 3. The van der Waals surface area contributed by atoms with E-state index >= 15 is 0 Å². The number of ether oxygens (including phenoxy) is 1. The first kappa shape index (κ1) is 23.3. The SMILES string of the molecule is CCNC(=NCC(NC(=O)OCC)C1CC1)NCC1CCCN1CC.I. The zero-order valence-corrected chi connectivity index (χ0v) is 18.8. The molecule has 2 rings (SSSR count). The summed E-state index contributed by atoms with van der Waals surface area (Å²) < 4.78 is 5.01. The highest BCUT2D eigenvalue weighted by Gasteiger charge is 2.32. The van der Waals surface area contributed by atoms with Gasteiger partial charge in [-0.3, -0.25) is 9.89 Å². The van der Waals surface area contributed by atoms with E-state index in [-0.39, 0.29) is 36.1 Å². The molecule has 0 aromatic heterocycles. The Balaban J connectivity index is 0.00000338. The quantitative estimate of drug-likeness (QED) is 0.267. The zero-order valence-electron chi connectivity index (χ0n) is 16.4. The number of halogens is 1. The number of hydrogen-bond donors (Lipinski definition) is 3. The predicted molar refractivity (Wildman–Crippen MR) is 116 cm³/mol. The molecule has 152 valence electrons. The number of aliphatic imine (C=N–C) groups is 1. The standard InChI is InChI=1S/C18H35N5O2.HI/c1-4-19-17(20-12-15-8-7-11-23(15)5-2)21-13-16(14-9-10-14)22-18(24)25-6-3;/h14-16H,4-13H2,1-3H3,(H,22,24)(H2,19,20,21);1H. The summed E-state index contributed by atoms with van der Waals surface area (Å²) in [4.78, 5) is 18.9. The maximum Gasteiger partial charge on any atom is 0.407 e. The van der Waals surface area contributed by atoms with Crippen LogP contribution in [0.5, 0.6) is 0 Å². The monoisotopic (exact) mass is 481 g/mol. The Labute approximate surface area is 175 Å². The van der Waals surface area contributed by atoms with Crippen LogP contribution in [0.2, 0.25) is 0 Å². The molecular weight excluding hydrogens is 445 g/mol. The predicted octanol–water partition coefficient (Wildman–Crippen LogP) is 2.17. The third-order valence-corrected chi connectivity index (χ3v) is 4.97. The largest absolute Gasteiger partial charge is 0.450 e. The van der Waals surface area contributed by atoms with Crippen LogP contribution in [-0.4, -0.2) is 68.4 Å². The summed E-state index contributed by atoms with van der Waals surface area (Å²) in [5.41, 5.74) is 0. The summed E-state index contributed by atoms with van der Waals surface area (Å²) >= 11 is 0. The van der Waals surface area contributed by atoms with Gasteiger partial charge in [-0.1, -0.05) is 6.92 Å². The summed E-state index contributed by atoms with van der Waals surface area (Å²) in [7, 11) is 0. The van der Waals surface area contributed by atoms with Crippen molar-refractivity contribution in [1.29, 1.82) is 0 Å². The smallest absolute Gasteiger partial charge is 0.407 e. The second-order valence-electron chi connectivity index (χ2n) is 6.83. The fraction of sp³-hybridized carbons (Fsp3) is 0.889. The molecule has 0 radical (unpaired) electrons. The molecule has 2 unspecified atom stereocenters. The highest BCUT2D eigenvalue weighted by atomic mass is 127. The first-order valence-electron chi connectivity index (χ1n) is 9.87. The normalized spacial score (nSPS) is 21.7. The van der Waals surface area contributed by atoms with Gasteiger partial charge in [0.15, 0.2) is 5.96 Å². The van der Waals surface area contributed by atoms with Crippen molar-refractivity contribution in [2.45, 2.75) is 58.5 Å². The van der Waals surface area contributed by atoms with Crippen LogP contribution in [0, 0.1) is 5.92 Å². The van der Waals surface area contributed by atoms with E-state index in [1.165, 1.54) is 19.4 Å². The Hall–Kier alpha value is -0.770. The molecule has 2 atom stereocenters. The fourth-order valence-electron chi connectivity index (χ4n) is 3.42. The molecule has 1 saturated carbocycles. The summed E-state index contributed by atoms with van der Waals surface area (Å²) in [6, 6.07) is 0.652. The van der Waals surface area contributed by atoms with Crippen LogP contribution in [0.4, 0.5) is 4.79 Å². The summed E-state index contributed by atoms with van der Waals surface area (Å²) in [6.07, 6.45) is 4.50. The van der Waals surface area contributed by atoms with Crippen LogP contribution in [0.25, 0.3) is 0 Å². The maximum absolute atomic E-state index is 11.7. The molecule has 0 aromatic carbocycles. The van der Waals surface area contributed by atoms with Crippen molar-refractivity contribution in [1.82, 2.24) is 20.9 Å². The van der Waals surface area contributed by atoms with E-state index in [0.29, 0.717) is 25.1 Å². The van der Waals surface area contributed by atoms with E-state index in [4.69, 9.17) is 9.73 Å². The van der Waals surface area contributed by atoms with Crippen LogP contribution in [-0.2, 0) is 4.74 Å². The molecular formula is C18H36IN5O2. The van der Waals surface area contributed by atoms with Gasteiger partial charge in [0, 0.05) is 19.1 Å². The number of alkyl carbamates (subject to hydrolysis) is 1. The van der Waals surface area contributed by atoms with Gasteiger partial charge in [0.1, 0.15) is 0 Å². The molecule has 1 amide bonds. The van der Waals surface area contributed by atoms with Crippen molar-refractivity contribution < 1.29 is 9.53 Å². The van der Waals surface area contributed by atoms with Crippen molar-refractivity contribution in [3.63, 3.8) is 0 Å². The minimum atomic E-state index is -0.336. The number of carbonyl (C=O) groups is 1. The molecule has 26 heavy (non-hydrogen) atoms. The van der Waals surface area contributed by atoms with E-state index in [1.807, 2.05) is 6.92 Å². The van der Waals surface area contributed by atoms with E-state index in [2.05, 4.69) is 34.7 Å². The van der Waals surface area contributed by atoms with Gasteiger partial charge in [-0.25, -0.2) is 4.79 Å². The number of rotatable bonds is 9. The lowest BCUT2D eigenvalue weighted by molar-refractivity contribution is 0.147. The second kappa shape index (κ2) is 12.6. The fourth-order valence-corrected chi connectivity index (χ4v) is 3.42. The molecule has 2 fully saturated rings. The molecule has 8 heteroatoms. The molecule has 1 aliphatic heterocycles. The minimum Gasteiger partial charge on any atom is -0.450 e. The van der Waals surface area contributed by atoms with Gasteiger partial charge < -0.3 is 20.7 Å². The molecule has 7 nitrogen and oxygen atoms in total. The van der Waals surface area contributed by atoms with E-state index in [0.717, 1.165) is 38.4 Å². The topological polar surface area (TPSA) is 78.0 Å². The van der Waals surface area contributed by atoms with Crippen molar-refractivity contribution in [2.24, 2.45) is 10.9 Å². The third kappa shape index (κ3) is 7.85. The molecule has 2 aliphatic rings. The molecule has 1 heterocycles. The van der Waals surface area contributed by atoms with Gasteiger partial charge in [-0.2, -0.15) is 0 Å². The Morgan fingerprint density at radius 3 is 2.62 bits per heavy atom.